The molecule has 0 aliphatic rings. The Balaban J connectivity index is 2.83. The summed E-state index contributed by atoms with van der Waals surface area (Å²) in [5.41, 5.74) is 0.189. The lowest BCUT2D eigenvalue weighted by Gasteiger charge is -2.14. The number of nitrogens with one attached hydrogen (secondary N) is 2. The molecule has 1 rings (SSSR count). The first-order valence-corrected chi connectivity index (χ1v) is 6.75. The van der Waals surface area contributed by atoms with Gasteiger partial charge in [-0.1, -0.05) is 46.4 Å². The molecule has 0 unspecified atom stereocenters. The van der Waals surface area contributed by atoms with E-state index in [9.17, 15) is 9.59 Å². The van der Waals surface area contributed by atoms with Crippen LogP contribution in [0.5, 0.6) is 0 Å². The Bertz CT molecular complexity index is 574. The zero-order valence-corrected chi connectivity index (χ0v) is 13.3. The first kappa shape index (κ1) is 17.3. The predicted octanol–water partition coefficient (Wildman–Crippen LogP) is 3.22. The molecule has 0 aliphatic carbocycles. The van der Waals surface area contributed by atoms with Crippen LogP contribution in [0.4, 0.5) is 5.69 Å². The van der Waals surface area contributed by atoms with Crippen LogP contribution >= 0.6 is 58.6 Å². The van der Waals surface area contributed by atoms with Crippen molar-refractivity contribution in [1.29, 1.82) is 0 Å². The van der Waals surface area contributed by atoms with Crippen molar-refractivity contribution in [3.8, 4) is 0 Å². The third kappa shape index (κ3) is 4.96. The number of aromatic carboxylic acids is 1. The van der Waals surface area contributed by atoms with E-state index in [2.05, 4.69) is 10.6 Å². The van der Waals surface area contributed by atoms with Crippen LogP contribution in [-0.2, 0) is 4.79 Å². The fourth-order valence-corrected chi connectivity index (χ4v) is 1.59. The van der Waals surface area contributed by atoms with Gasteiger partial charge < -0.3 is 10.4 Å². The molecule has 0 saturated carbocycles. The number of hydrogen-bond acceptors (Lipinski definition) is 3. The van der Waals surface area contributed by atoms with Gasteiger partial charge in [-0.05, 0) is 30.4 Å². The number of hydrogen-bond donors (Lipinski definition) is 3. The van der Waals surface area contributed by atoms with Crippen molar-refractivity contribution in [2.75, 3.05) is 5.32 Å². The molecule has 0 aliphatic heterocycles. The van der Waals surface area contributed by atoms with Gasteiger partial charge in [0.15, 0.2) is 5.11 Å². The second-order valence-electron chi connectivity index (χ2n) is 3.41. The largest absolute Gasteiger partial charge is 0.478 e. The lowest BCUT2D eigenvalue weighted by atomic mass is 10.2. The topological polar surface area (TPSA) is 78.4 Å². The van der Waals surface area contributed by atoms with E-state index < -0.39 is 15.7 Å². The van der Waals surface area contributed by atoms with Crippen molar-refractivity contribution < 1.29 is 14.7 Å². The van der Waals surface area contributed by atoms with Gasteiger partial charge in [0, 0.05) is 0 Å². The molecule has 5 nitrogen and oxygen atoms in total. The minimum absolute atomic E-state index is 0.00703. The monoisotopic (exact) mass is 374 g/mol. The molecule has 10 heteroatoms. The fraction of sp³-hybridized carbons (Fsp3) is 0.100. The highest BCUT2D eigenvalue weighted by molar-refractivity contribution is 7.80. The van der Waals surface area contributed by atoms with E-state index in [1.54, 1.807) is 0 Å². The van der Waals surface area contributed by atoms with Gasteiger partial charge in [-0.15, -0.1) is 0 Å². The van der Waals surface area contributed by atoms with Gasteiger partial charge in [-0.25, -0.2) is 4.79 Å². The average Bonchev–Trinajstić information content (AvgIpc) is 2.30. The number of amides is 1. The Kier molecular flexibility index (Phi) is 5.85. The van der Waals surface area contributed by atoms with E-state index in [0.29, 0.717) is 0 Å². The Labute approximate surface area is 139 Å². The molecule has 0 spiro atoms. The van der Waals surface area contributed by atoms with Crippen LogP contribution in [-0.4, -0.2) is 25.9 Å². The Morgan fingerprint density at radius 2 is 1.85 bits per heavy atom. The Morgan fingerprint density at radius 1 is 1.25 bits per heavy atom. The molecule has 0 radical (unpaired) electrons. The van der Waals surface area contributed by atoms with Crippen LogP contribution in [0.2, 0.25) is 5.02 Å². The summed E-state index contributed by atoms with van der Waals surface area (Å²) in [6.07, 6.45) is 0. The third-order valence-electron chi connectivity index (χ3n) is 1.95. The molecule has 20 heavy (non-hydrogen) atoms. The molecular weight excluding hydrogens is 370 g/mol. The molecule has 1 aromatic carbocycles. The van der Waals surface area contributed by atoms with Crippen molar-refractivity contribution >= 4 is 81.3 Å². The smallest absolute Gasteiger partial charge is 0.335 e. The van der Waals surface area contributed by atoms with E-state index in [4.69, 9.17) is 63.7 Å². The molecule has 0 bridgehead atoms. The minimum Gasteiger partial charge on any atom is -0.478 e. The maximum Gasteiger partial charge on any atom is 0.335 e. The molecular formula is C10H6Cl4N2O3S. The number of thiocarbonyl (C=S) groups is 1. The summed E-state index contributed by atoms with van der Waals surface area (Å²) in [6, 6.07) is 3.93. The lowest BCUT2D eigenvalue weighted by Crippen LogP contribution is -2.41. The van der Waals surface area contributed by atoms with Gasteiger partial charge in [-0.3, -0.25) is 10.1 Å². The van der Waals surface area contributed by atoms with Crippen molar-refractivity contribution in [1.82, 2.24) is 5.32 Å². The first-order chi connectivity index (χ1) is 9.11. The van der Waals surface area contributed by atoms with Crippen molar-refractivity contribution in [3.63, 3.8) is 0 Å². The number of alkyl halides is 3. The summed E-state index contributed by atoms with van der Waals surface area (Å²) in [6.45, 7) is 0. The highest BCUT2D eigenvalue weighted by Gasteiger charge is 2.31. The second-order valence-corrected chi connectivity index (χ2v) is 6.50. The van der Waals surface area contributed by atoms with Gasteiger partial charge in [0.05, 0.1) is 16.3 Å². The third-order valence-corrected chi connectivity index (χ3v) is 2.99. The second kappa shape index (κ2) is 6.78. The molecule has 1 aromatic rings. The summed E-state index contributed by atoms with van der Waals surface area (Å²) < 4.78 is -2.17. The number of anilines is 1. The molecule has 108 valence electrons. The highest BCUT2D eigenvalue weighted by Crippen LogP contribution is 2.26. The molecule has 0 aromatic heterocycles. The minimum atomic E-state index is -2.17. The maximum atomic E-state index is 11.4. The summed E-state index contributed by atoms with van der Waals surface area (Å²) in [4.78, 5) is 22.2. The number of carboxylic acid groups (broad SMARTS) is 1. The molecule has 0 fully saturated rings. The number of rotatable bonds is 2. The lowest BCUT2D eigenvalue weighted by molar-refractivity contribution is -0.118. The SMILES string of the molecule is O=C(O)c1ccc(Cl)c(NC(=S)NC(=O)C(Cl)(Cl)Cl)c1. The van der Waals surface area contributed by atoms with Crippen LogP contribution in [0.1, 0.15) is 10.4 Å². The van der Waals surface area contributed by atoms with Crippen molar-refractivity contribution in [3.05, 3.63) is 28.8 Å². The number of carboxylic acids is 1. The van der Waals surface area contributed by atoms with E-state index >= 15 is 0 Å². The van der Waals surface area contributed by atoms with E-state index in [1.165, 1.54) is 18.2 Å². The van der Waals surface area contributed by atoms with Crippen LogP contribution in [0, 0.1) is 0 Å². The van der Waals surface area contributed by atoms with E-state index in [0.717, 1.165) is 0 Å². The highest BCUT2D eigenvalue weighted by atomic mass is 35.6. The zero-order chi connectivity index (χ0) is 15.5. The van der Waals surface area contributed by atoms with Crippen LogP contribution < -0.4 is 10.6 Å². The van der Waals surface area contributed by atoms with Gasteiger partial charge >= 0.3 is 5.97 Å². The standard InChI is InChI=1S/C10H6Cl4N2O3S/c11-5-2-1-4(7(17)18)3-6(5)15-9(20)16-8(19)10(12,13)14/h1-3H,(H,17,18)(H2,15,16,19,20). The molecule has 0 atom stereocenters. The van der Waals surface area contributed by atoms with E-state index in [-0.39, 0.29) is 21.4 Å². The van der Waals surface area contributed by atoms with Crippen LogP contribution in [0.25, 0.3) is 0 Å². The van der Waals surface area contributed by atoms with Gasteiger partial charge in [0.1, 0.15) is 0 Å². The summed E-state index contributed by atoms with van der Waals surface area (Å²) in [7, 11) is 0. The number of benzene rings is 1. The maximum absolute atomic E-state index is 11.4. The fourth-order valence-electron chi connectivity index (χ4n) is 1.08. The summed E-state index contributed by atoms with van der Waals surface area (Å²) >= 11 is 26.8. The zero-order valence-electron chi connectivity index (χ0n) is 9.42. The van der Waals surface area contributed by atoms with Gasteiger partial charge in [0.25, 0.3) is 9.70 Å². The predicted molar refractivity (Wildman–Crippen MR) is 83.1 cm³/mol. The van der Waals surface area contributed by atoms with E-state index in [1.807, 2.05) is 0 Å². The summed E-state index contributed by atoms with van der Waals surface area (Å²) in [5, 5.41) is 13.5. The normalized spacial score (nSPS) is 10.8. The van der Waals surface area contributed by atoms with Crippen LogP contribution in [0.15, 0.2) is 18.2 Å². The molecule has 0 saturated heterocycles. The summed E-state index contributed by atoms with van der Waals surface area (Å²) in [5.74, 6) is -2.09. The number of halogens is 4. The average molecular weight is 376 g/mol. The quantitative estimate of drug-likeness (QED) is 0.546. The van der Waals surface area contributed by atoms with Crippen LogP contribution in [0.3, 0.4) is 0 Å². The number of carbonyl (C=O) groups excluding carboxylic acids is 1. The Morgan fingerprint density at radius 3 is 2.35 bits per heavy atom. The Hall–Kier alpha value is -0.790. The number of carbonyl (C=O) groups is 2. The van der Waals surface area contributed by atoms with Gasteiger partial charge in [-0.2, -0.15) is 0 Å². The van der Waals surface area contributed by atoms with Crippen molar-refractivity contribution in [2.24, 2.45) is 0 Å². The van der Waals surface area contributed by atoms with Gasteiger partial charge in [0.2, 0.25) is 0 Å². The molecule has 3 N–H and O–H groups in total. The molecule has 0 heterocycles. The molecule has 1 amide bonds. The first-order valence-electron chi connectivity index (χ1n) is 4.83. The van der Waals surface area contributed by atoms with Crippen molar-refractivity contribution in [2.45, 2.75) is 3.79 Å².